The Balaban J connectivity index is 1.30. The summed E-state index contributed by atoms with van der Waals surface area (Å²) in [6.07, 6.45) is 1.87. The third-order valence-corrected chi connectivity index (χ3v) is 10.2. The summed E-state index contributed by atoms with van der Waals surface area (Å²) in [6.45, 7) is 1.91. The molecule has 0 spiro atoms. The van der Waals surface area contributed by atoms with Crippen LogP contribution >= 0.6 is 0 Å². The molecule has 5 atom stereocenters. The molecule has 3 aromatic carbocycles. The van der Waals surface area contributed by atoms with E-state index in [0.717, 1.165) is 25.8 Å². The van der Waals surface area contributed by atoms with Crippen LogP contribution in [0.15, 0.2) is 42.5 Å². The van der Waals surface area contributed by atoms with E-state index in [2.05, 4.69) is 20.9 Å². The standard InChI is InChI=1S/C33H30F3N5O2/c34-18-12-33(7-2-8-40(33)14-18)16-43-32-23(13-37)31(41-15-24-26(38)11-27(24)41)21-6-5-20(29(36)30(21)39-32)22-10-19(42)9-17-3-1-4-25(35)28(17)22/h1,3-6,9-10,18,24,26-27,42H,2,7-8,11-12,14-16,38H2/t18-,24?,26-,27?,33+/m1/s1. The van der Waals surface area contributed by atoms with Gasteiger partial charge in [-0.3, -0.25) is 4.90 Å². The molecule has 2 unspecified atom stereocenters. The van der Waals surface area contributed by atoms with Crippen LogP contribution in [-0.2, 0) is 0 Å². The molecule has 8 rings (SSSR count). The summed E-state index contributed by atoms with van der Waals surface area (Å²) in [7, 11) is 0. The van der Waals surface area contributed by atoms with Gasteiger partial charge in [-0.15, -0.1) is 0 Å². The molecule has 4 aliphatic rings. The van der Waals surface area contributed by atoms with Crippen LogP contribution in [0.1, 0.15) is 31.2 Å². The van der Waals surface area contributed by atoms with Crippen molar-refractivity contribution in [1.82, 2.24) is 9.88 Å². The molecule has 4 heterocycles. The quantitative estimate of drug-likeness (QED) is 0.324. The Morgan fingerprint density at radius 3 is 2.79 bits per heavy atom. The van der Waals surface area contributed by atoms with E-state index < -0.39 is 23.3 Å². The van der Waals surface area contributed by atoms with Crippen molar-refractivity contribution in [3.63, 3.8) is 0 Å². The number of halogens is 3. The molecule has 220 valence electrons. The first kappa shape index (κ1) is 26.5. The molecule has 43 heavy (non-hydrogen) atoms. The molecule has 10 heteroatoms. The van der Waals surface area contributed by atoms with Crippen LogP contribution in [0, 0.1) is 28.9 Å². The number of piperidine rings is 1. The monoisotopic (exact) mass is 585 g/mol. The van der Waals surface area contributed by atoms with E-state index in [-0.39, 0.29) is 57.9 Å². The van der Waals surface area contributed by atoms with Gasteiger partial charge in [0.05, 0.1) is 11.2 Å². The number of benzene rings is 3. The first-order valence-corrected chi connectivity index (χ1v) is 14.8. The van der Waals surface area contributed by atoms with Crippen LogP contribution in [0.2, 0.25) is 0 Å². The number of alkyl halides is 1. The van der Waals surface area contributed by atoms with Crippen LogP contribution in [0.25, 0.3) is 32.8 Å². The summed E-state index contributed by atoms with van der Waals surface area (Å²) in [4.78, 5) is 8.78. The predicted octanol–water partition coefficient (Wildman–Crippen LogP) is 5.40. The summed E-state index contributed by atoms with van der Waals surface area (Å²) in [6, 6.07) is 13.0. The summed E-state index contributed by atoms with van der Waals surface area (Å²) in [5.74, 6) is -1.07. The minimum Gasteiger partial charge on any atom is -0.508 e. The highest BCUT2D eigenvalue weighted by atomic mass is 19.1. The number of nitrogens with zero attached hydrogens (tertiary/aromatic N) is 4. The lowest BCUT2D eigenvalue weighted by atomic mass is 9.67. The molecule has 4 aromatic rings. The van der Waals surface area contributed by atoms with Gasteiger partial charge < -0.3 is 20.5 Å². The molecular weight excluding hydrogens is 555 g/mol. The number of nitriles is 1. The maximum Gasteiger partial charge on any atom is 0.234 e. The number of phenolic OH excluding ortho intramolecular Hbond substituents is 1. The highest BCUT2D eigenvalue weighted by molar-refractivity contribution is 6.03. The van der Waals surface area contributed by atoms with E-state index in [1.807, 2.05) is 0 Å². The number of fused-ring (bicyclic) bond motifs is 4. The highest BCUT2D eigenvalue weighted by Crippen LogP contribution is 2.49. The Hall–Kier alpha value is -4.07. The van der Waals surface area contributed by atoms with E-state index in [1.165, 1.54) is 24.3 Å². The van der Waals surface area contributed by atoms with Crippen LogP contribution in [-0.4, -0.2) is 65.0 Å². The summed E-state index contributed by atoms with van der Waals surface area (Å²) < 4.78 is 52.5. The number of aromatic nitrogens is 1. The van der Waals surface area contributed by atoms with Gasteiger partial charge in [-0.1, -0.05) is 18.2 Å². The van der Waals surface area contributed by atoms with Gasteiger partial charge in [0.15, 0.2) is 5.82 Å². The second kappa shape index (κ2) is 9.46. The van der Waals surface area contributed by atoms with Crippen molar-refractivity contribution in [2.45, 2.75) is 49.5 Å². The number of aromatic hydroxyl groups is 1. The van der Waals surface area contributed by atoms with Crippen LogP contribution in [0.4, 0.5) is 18.9 Å². The lowest BCUT2D eigenvalue weighted by molar-refractivity contribution is 0.110. The SMILES string of the molecule is N#Cc1c(OC[C@@]23CCCN2C[C@H](F)C3)nc2c(F)c(-c3cc(O)cc4cccc(F)c34)ccc2c1N1CC2C1C[C@H]2N. The van der Waals surface area contributed by atoms with Crippen LogP contribution < -0.4 is 15.4 Å². The lowest BCUT2D eigenvalue weighted by Crippen LogP contribution is -2.71. The van der Waals surface area contributed by atoms with Crippen molar-refractivity contribution in [2.75, 3.05) is 31.1 Å². The molecule has 0 amide bonds. The third-order valence-electron chi connectivity index (χ3n) is 10.2. The molecule has 1 saturated carbocycles. The van der Waals surface area contributed by atoms with Crippen molar-refractivity contribution < 1.29 is 23.0 Å². The molecule has 0 radical (unpaired) electrons. The molecule has 1 aromatic heterocycles. The summed E-state index contributed by atoms with van der Waals surface area (Å²) in [5, 5.41) is 21.9. The second-order valence-electron chi connectivity index (χ2n) is 12.6. The topological polar surface area (TPSA) is 98.6 Å². The largest absolute Gasteiger partial charge is 0.508 e. The Kier molecular flexibility index (Phi) is 5.84. The van der Waals surface area contributed by atoms with E-state index in [9.17, 15) is 14.8 Å². The minimum absolute atomic E-state index is 0.00334. The smallest absolute Gasteiger partial charge is 0.234 e. The van der Waals surface area contributed by atoms with Crippen molar-refractivity contribution in [3.05, 3.63) is 59.7 Å². The lowest BCUT2D eigenvalue weighted by Gasteiger charge is -2.60. The average Bonchev–Trinajstić information content (AvgIpc) is 3.50. The number of anilines is 1. The van der Waals surface area contributed by atoms with Crippen molar-refractivity contribution in [2.24, 2.45) is 11.7 Å². The van der Waals surface area contributed by atoms with Gasteiger partial charge in [-0.25, -0.2) is 18.2 Å². The minimum atomic E-state index is -0.946. The zero-order valence-corrected chi connectivity index (χ0v) is 23.4. The summed E-state index contributed by atoms with van der Waals surface area (Å²) in [5.41, 5.74) is 6.71. The Morgan fingerprint density at radius 1 is 1.16 bits per heavy atom. The van der Waals surface area contributed by atoms with Crippen molar-refractivity contribution >= 4 is 27.4 Å². The van der Waals surface area contributed by atoms with Crippen molar-refractivity contribution in [3.8, 4) is 28.8 Å². The van der Waals surface area contributed by atoms with Gasteiger partial charge in [0.2, 0.25) is 5.88 Å². The number of nitrogens with two attached hydrogens (primary N) is 1. The van der Waals surface area contributed by atoms with Gasteiger partial charge in [-0.05, 0) is 61.0 Å². The first-order chi connectivity index (χ1) is 20.8. The van der Waals surface area contributed by atoms with Crippen LogP contribution in [0.3, 0.4) is 0 Å². The Bertz CT molecular complexity index is 1860. The third kappa shape index (κ3) is 3.84. The Morgan fingerprint density at radius 2 is 2.02 bits per heavy atom. The van der Waals surface area contributed by atoms with E-state index in [1.54, 1.807) is 18.2 Å². The molecule has 3 N–H and O–H groups in total. The van der Waals surface area contributed by atoms with Gasteiger partial charge in [0, 0.05) is 53.8 Å². The Labute approximate surface area is 246 Å². The average molecular weight is 586 g/mol. The van der Waals surface area contributed by atoms with E-state index >= 15 is 8.78 Å². The fraction of sp³-hybridized carbons (Fsp3) is 0.394. The number of hydrogen-bond acceptors (Lipinski definition) is 7. The van der Waals surface area contributed by atoms with Crippen molar-refractivity contribution in [1.29, 1.82) is 5.26 Å². The van der Waals surface area contributed by atoms with Gasteiger partial charge in [-0.2, -0.15) is 5.26 Å². The van der Waals surface area contributed by atoms with Gasteiger partial charge in [0.25, 0.3) is 0 Å². The fourth-order valence-electron chi connectivity index (χ4n) is 8.02. The predicted molar refractivity (Wildman–Crippen MR) is 157 cm³/mol. The van der Waals surface area contributed by atoms with Gasteiger partial charge in [0.1, 0.15) is 41.5 Å². The maximum atomic E-state index is 16.7. The molecular formula is C33H30F3N5O2. The first-order valence-electron chi connectivity index (χ1n) is 14.8. The number of ether oxygens (including phenoxy) is 1. The molecule has 3 saturated heterocycles. The van der Waals surface area contributed by atoms with E-state index in [4.69, 9.17) is 10.5 Å². The molecule has 3 aliphatic heterocycles. The highest BCUT2D eigenvalue weighted by Gasteiger charge is 2.53. The zero-order valence-electron chi connectivity index (χ0n) is 23.4. The number of pyridine rings is 1. The number of hydrogen-bond donors (Lipinski definition) is 2. The number of phenols is 1. The summed E-state index contributed by atoms with van der Waals surface area (Å²) >= 11 is 0. The van der Waals surface area contributed by atoms with Crippen LogP contribution in [0.5, 0.6) is 11.6 Å². The fourth-order valence-corrected chi connectivity index (χ4v) is 8.02. The second-order valence-corrected chi connectivity index (χ2v) is 12.6. The zero-order chi connectivity index (χ0) is 29.6. The molecule has 7 nitrogen and oxygen atoms in total. The van der Waals surface area contributed by atoms with E-state index in [0.29, 0.717) is 41.9 Å². The molecule has 4 fully saturated rings. The maximum absolute atomic E-state index is 16.7. The molecule has 1 aliphatic carbocycles. The van der Waals surface area contributed by atoms with Gasteiger partial charge >= 0.3 is 0 Å². The number of rotatable bonds is 5. The molecule has 0 bridgehead atoms. The normalized spacial score (nSPS) is 27.9.